The molecule has 2 aromatic carbocycles. The predicted molar refractivity (Wildman–Crippen MR) is 124 cm³/mol. The van der Waals surface area contributed by atoms with Gasteiger partial charge in [-0.3, -0.25) is 0 Å². The molecule has 0 spiro atoms. The van der Waals surface area contributed by atoms with Gasteiger partial charge in [0.25, 0.3) is 5.69 Å². The van der Waals surface area contributed by atoms with Crippen molar-refractivity contribution in [1.29, 1.82) is 0 Å². The minimum absolute atomic E-state index is 0.0849. The third kappa shape index (κ3) is 4.58. The van der Waals surface area contributed by atoms with Crippen LogP contribution in [0.4, 0.5) is 19.0 Å². The molecule has 1 N–H and O–H groups in total. The number of pyridine rings is 2. The maximum Gasteiger partial charge on any atom is 0.256 e. The number of likely N-dealkylation sites (N-methyl/N-ethyl adjacent to an activating group) is 1. The number of hydrogen-bond acceptors (Lipinski definition) is 4. The van der Waals surface area contributed by atoms with E-state index in [4.69, 9.17) is 11.6 Å². The van der Waals surface area contributed by atoms with E-state index in [1.807, 2.05) is 19.0 Å². The Balaban J connectivity index is 2.03. The van der Waals surface area contributed by atoms with Gasteiger partial charge < -0.3 is 15.4 Å². The van der Waals surface area contributed by atoms with Gasteiger partial charge in [0.2, 0.25) is 0 Å². The van der Waals surface area contributed by atoms with E-state index in [1.165, 1.54) is 30.3 Å². The first-order chi connectivity index (χ1) is 15.8. The Kier molecular flexibility index (Phi) is 6.40. The van der Waals surface area contributed by atoms with Crippen LogP contribution in [0.1, 0.15) is 0 Å². The number of nitrogens with one attached hydrogen (secondary N) is 1. The number of nitrogens with zero attached hydrogens (tertiary/aromatic N) is 3. The number of aromatic nitrogens is 2. The van der Waals surface area contributed by atoms with Crippen molar-refractivity contribution in [3.63, 3.8) is 0 Å². The van der Waals surface area contributed by atoms with Gasteiger partial charge in [-0.2, -0.15) is 4.73 Å². The van der Waals surface area contributed by atoms with Crippen LogP contribution in [-0.2, 0) is 0 Å². The number of anilines is 1. The second-order valence-corrected chi connectivity index (χ2v) is 8.17. The quantitative estimate of drug-likeness (QED) is 0.308. The Morgan fingerprint density at radius 1 is 1.03 bits per heavy atom. The third-order valence-electron chi connectivity index (χ3n) is 5.17. The van der Waals surface area contributed by atoms with Crippen molar-refractivity contribution in [1.82, 2.24) is 9.88 Å². The van der Waals surface area contributed by atoms with Crippen LogP contribution in [0.2, 0.25) is 5.02 Å². The van der Waals surface area contributed by atoms with Crippen LogP contribution in [0, 0.1) is 22.7 Å². The molecule has 4 rings (SSSR count). The number of fused-ring (bicyclic) bond motifs is 1. The Morgan fingerprint density at radius 2 is 1.76 bits per heavy atom. The topological polar surface area (TPSA) is 55.1 Å². The zero-order valence-corrected chi connectivity index (χ0v) is 18.6. The van der Waals surface area contributed by atoms with Crippen LogP contribution >= 0.6 is 11.6 Å². The number of hydrogen-bond donors (Lipinski definition) is 1. The van der Waals surface area contributed by atoms with E-state index < -0.39 is 23.0 Å². The van der Waals surface area contributed by atoms with E-state index in [0.29, 0.717) is 40.2 Å². The van der Waals surface area contributed by atoms with Crippen molar-refractivity contribution in [2.45, 2.75) is 0 Å². The molecule has 33 heavy (non-hydrogen) atoms. The minimum atomic E-state index is -0.888. The van der Waals surface area contributed by atoms with Crippen molar-refractivity contribution in [2.24, 2.45) is 0 Å². The van der Waals surface area contributed by atoms with Gasteiger partial charge in [-0.05, 0) is 56.1 Å². The summed E-state index contributed by atoms with van der Waals surface area (Å²) in [5.41, 5.74) is 0.369. The highest BCUT2D eigenvalue weighted by Crippen LogP contribution is 2.38. The first kappa shape index (κ1) is 22.8. The molecule has 2 aromatic heterocycles. The van der Waals surface area contributed by atoms with Crippen LogP contribution in [0.25, 0.3) is 33.3 Å². The minimum Gasteiger partial charge on any atom is -0.618 e. The lowest BCUT2D eigenvalue weighted by Gasteiger charge is -2.16. The first-order valence-electron chi connectivity index (χ1n) is 10.1. The third-order valence-corrected chi connectivity index (χ3v) is 5.48. The number of rotatable bonds is 6. The molecule has 2 heterocycles. The monoisotopic (exact) mass is 472 g/mol. The summed E-state index contributed by atoms with van der Waals surface area (Å²) in [7, 11) is 3.83. The van der Waals surface area contributed by atoms with Gasteiger partial charge in [0.15, 0.2) is 6.20 Å². The highest BCUT2D eigenvalue weighted by Gasteiger charge is 2.25. The maximum absolute atomic E-state index is 14.7. The Labute approximate surface area is 193 Å². The normalized spacial score (nSPS) is 11.4. The van der Waals surface area contributed by atoms with Gasteiger partial charge in [0.05, 0.1) is 5.02 Å². The summed E-state index contributed by atoms with van der Waals surface area (Å²) in [6, 6.07) is 10.5. The molecule has 0 saturated heterocycles. The maximum atomic E-state index is 14.7. The van der Waals surface area contributed by atoms with E-state index in [0.717, 1.165) is 18.3 Å². The van der Waals surface area contributed by atoms with E-state index in [2.05, 4.69) is 10.3 Å². The first-order valence-corrected chi connectivity index (χ1v) is 10.5. The summed E-state index contributed by atoms with van der Waals surface area (Å²) in [6.07, 6.45) is 1.16. The Bertz CT molecular complexity index is 1330. The van der Waals surface area contributed by atoms with E-state index in [1.54, 1.807) is 6.07 Å². The summed E-state index contributed by atoms with van der Waals surface area (Å²) in [5.74, 6) is -1.90. The van der Waals surface area contributed by atoms with Crippen molar-refractivity contribution < 1.29 is 17.9 Å². The molecule has 0 atom stereocenters. The zero-order valence-electron chi connectivity index (χ0n) is 17.9. The van der Waals surface area contributed by atoms with Gasteiger partial charge >= 0.3 is 0 Å². The smallest absolute Gasteiger partial charge is 0.256 e. The molecule has 0 aliphatic rings. The van der Waals surface area contributed by atoms with Crippen molar-refractivity contribution in [3.8, 4) is 22.4 Å². The largest absolute Gasteiger partial charge is 0.618 e. The van der Waals surface area contributed by atoms with E-state index in [-0.39, 0.29) is 16.2 Å². The molecular formula is C24H20ClF3N4O. The van der Waals surface area contributed by atoms with Crippen molar-refractivity contribution in [3.05, 3.63) is 82.4 Å². The molecule has 0 aliphatic carbocycles. The van der Waals surface area contributed by atoms with Crippen LogP contribution in [0.15, 0.2) is 54.7 Å². The Hall–Kier alpha value is -3.36. The average molecular weight is 473 g/mol. The van der Waals surface area contributed by atoms with Crippen molar-refractivity contribution in [2.75, 3.05) is 32.5 Å². The molecule has 170 valence electrons. The fourth-order valence-corrected chi connectivity index (χ4v) is 3.88. The second kappa shape index (κ2) is 9.25. The Morgan fingerprint density at radius 3 is 2.42 bits per heavy atom. The summed E-state index contributed by atoms with van der Waals surface area (Å²) >= 11 is 6.33. The van der Waals surface area contributed by atoms with E-state index in [9.17, 15) is 18.4 Å². The van der Waals surface area contributed by atoms with Crippen LogP contribution in [-0.4, -0.2) is 37.1 Å². The molecule has 0 unspecified atom stereocenters. The summed E-state index contributed by atoms with van der Waals surface area (Å²) < 4.78 is 43.4. The van der Waals surface area contributed by atoms with Gasteiger partial charge in [0, 0.05) is 30.1 Å². The van der Waals surface area contributed by atoms with Gasteiger partial charge in [-0.1, -0.05) is 17.7 Å². The van der Waals surface area contributed by atoms with Gasteiger partial charge in [-0.25, -0.2) is 18.2 Å². The van der Waals surface area contributed by atoms with Crippen LogP contribution < -0.4 is 10.0 Å². The molecule has 0 amide bonds. The lowest BCUT2D eigenvalue weighted by Crippen LogP contribution is -2.30. The SMILES string of the molecule is CN(C)CCNc1cc(-c2ccc(F)cc2Cl)c2cc[n+]([O-])c(-c3c(F)cccc3F)c2n1. The number of halogens is 4. The molecule has 9 heteroatoms. The predicted octanol–water partition coefficient (Wildman–Crippen LogP) is 5.25. The van der Waals surface area contributed by atoms with Crippen molar-refractivity contribution >= 4 is 28.3 Å². The molecule has 0 aliphatic heterocycles. The fraction of sp³-hybridized carbons (Fsp3) is 0.167. The second-order valence-electron chi connectivity index (χ2n) is 7.76. The molecule has 4 aromatic rings. The highest BCUT2D eigenvalue weighted by atomic mass is 35.5. The average Bonchev–Trinajstić information content (AvgIpc) is 2.74. The molecular weight excluding hydrogens is 453 g/mol. The lowest BCUT2D eigenvalue weighted by molar-refractivity contribution is -0.592. The molecule has 0 radical (unpaired) electrons. The van der Waals surface area contributed by atoms with E-state index >= 15 is 0 Å². The zero-order chi connectivity index (χ0) is 23.7. The molecule has 0 fully saturated rings. The molecule has 5 nitrogen and oxygen atoms in total. The number of benzene rings is 2. The van der Waals surface area contributed by atoms with Gasteiger partial charge in [-0.15, -0.1) is 0 Å². The summed E-state index contributed by atoms with van der Waals surface area (Å²) in [4.78, 5) is 6.49. The molecule has 0 saturated carbocycles. The highest BCUT2D eigenvalue weighted by molar-refractivity contribution is 6.33. The van der Waals surface area contributed by atoms with Crippen LogP contribution in [0.5, 0.6) is 0 Å². The van der Waals surface area contributed by atoms with Gasteiger partial charge in [0.1, 0.15) is 34.3 Å². The molecule has 0 bridgehead atoms. The van der Waals surface area contributed by atoms with Crippen LogP contribution in [0.3, 0.4) is 0 Å². The lowest BCUT2D eigenvalue weighted by atomic mass is 9.98. The fourth-order valence-electron chi connectivity index (χ4n) is 3.61. The standard InChI is InChI=1S/C24H20ClF3N4O/c1-31(2)11-9-29-21-13-17(15-7-6-14(26)12-18(15)25)16-8-10-32(33)24(23(16)30-21)22-19(27)4-3-5-20(22)28/h3-8,10,12-13H,9,11H2,1-2H3,(H,29,30). The summed E-state index contributed by atoms with van der Waals surface area (Å²) in [6.45, 7) is 1.22. The summed E-state index contributed by atoms with van der Waals surface area (Å²) in [5, 5.41) is 16.5.